The van der Waals surface area contributed by atoms with E-state index in [1.165, 1.54) is 0 Å². The molecule has 0 atom stereocenters. The highest BCUT2D eigenvalue weighted by Crippen LogP contribution is 2.25. The summed E-state index contributed by atoms with van der Waals surface area (Å²) < 4.78 is 5.55. The summed E-state index contributed by atoms with van der Waals surface area (Å²) in [5, 5.41) is 6.23. The molecule has 0 aliphatic rings. The van der Waals surface area contributed by atoms with Gasteiger partial charge in [0.25, 0.3) is 0 Å². The van der Waals surface area contributed by atoms with E-state index in [-0.39, 0.29) is 12.8 Å². The third-order valence-corrected chi connectivity index (χ3v) is 4.12. The van der Waals surface area contributed by atoms with E-state index < -0.39 is 0 Å². The molecule has 0 saturated heterocycles. The lowest BCUT2D eigenvalue weighted by atomic mass is 10.1. The largest absolute Gasteiger partial charge is 0.473 e. The Kier molecular flexibility index (Phi) is 5.50. The number of ether oxygens (including phenoxy) is 1. The van der Waals surface area contributed by atoms with Crippen molar-refractivity contribution in [3.63, 3.8) is 0 Å². The van der Waals surface area contributed by atoms with Crippen molar-refractivity contribution in [3.8, 4) is 5.75 Å². The van der Waals surface area contributed by atoms with Gasteiger partial charge < -0.3 is 15.4 Å². The summed E-state index contributed by atoms with van der Waals surface area (Å²) in [5.74, 6) is 0.677. The maximum atomic E-state index is 11.9. The van der Waals surface area contributed by atoms with Crippen LogP contribution in [0, 0.1) is 27.7 Å². The predicted molar refractivity (Wildman–Crippen MR) is 94.5 cm³/mol. The Labute approximate surface area is 141 Å². The Morgan fingerprint density at radius 3 is 2.35 bits per heavy atom. The fourth-order valence-corrected chi connectivity index (χ4v) is 2.32. The minimum Gasteiger partial charge on any atom is -0.473 e. The van der Waals surface area contributed by atoms with Gasteiger partial charge >= 0.3 is 6.03 Å². The minimum atomic E-state index is -0.305. The molecule has 5 heteroatoms. The highest BCUT2D eigenvalue weighted by atomic mass is 35.5. The quantitative estimate of drug-likeness (QED) is 0.795. The number of urea groups is 1. The van der Waals surface area contributed by atoms with Crippen molar-refractivity contribution >= 4 is 23.3 Å². The van der Waals surface area contributed by atoms with Crippen LogP contribution in [-0.2, 0) is 0 Å². The number of rotatable bonds is 4. The van der Waals surface area contributed by atoms with Gasteiger partial charge in [0.15, 0.2) is 6.73 Å². The fourth-order valence-electron chi connectivity index (χ4n) is 2.21. The van der Waals surface area contributed by atoms with Crippen LogP contribution in [0.1, 0.15) is 22.3 Å². The first-order valence-corrected chi connectivity index (χ1v) is 7.76. The molecule has 2 N–H and O–H groups in total. The lowest BCUT2D eigenvalue weighted by Crippen LogP contribution is -2.32. The summed E-state index contributed by atoms with van der Waals surface area (Å²) in [6.45, 7) is 7.85. The van der Waals surface area contributed by atoms with Crippen LogP contribution in [-0.4, -0.2) is 12.8 Å². The van der Waals surface area contributed by atoms with Crippen LogP contribution in [0.2, 0.25) is 5.02 Å². The number of benzene rings is 2. The predicted octanol–water partition coefficient (Wildman–Crippen LogP) is 4.73. The number of carbonyl (C=O) groups is 1. The molecular weight excluding hydrogens is 312 g/mol. The van der Waals surface area contributed by atoms with Gasteiger partial charge in [0, 0.05) is 10.7 Å². The number of hydrogen-bond acceptors (Lipinski definition) is 2. The van der Waals surface area contributed by atoms with E-state index in [4.69, 9.17) is 16.3 Å². The second kappa shape index (κ2) is 7.38. The zero-order valence-corrected chi connectivity index (χ0v) is 14.5. The number of carbonyl (C=O) groups excluding carboxylic acids is 1. The molecule has 0 aliphatic heterocycles. The highest BCUT2D eigenvalue weighted by Gasteiger charge is 2.06. The summed E-state index contributed by atoms with van der Waals surface area (Å²) in [6.07, 6.45) is 0. The van der Waals surface area contributed by atoms with Crippen LogP contribution in [0.15, 0.2) is 30.3 Å². The normalized spacial score (nSPS) is 10.3. The SMILES string of the molecule is Cc1ccc(C)c(NC(=O)NCOc2cc(C)c(Cl)c(C)c2)c1. The van der Waals surface area contributed by atoms with Gasteiger partial charge in [-0.3, -0.25) is 0 Å². The lowest BCUT2D eigenvalue weighted by Gasteiger charge is -2.13. The van der Waals surface area contributed by atoms with Crippen molar-refractivity contribution in [1.29, 1.82) is 0 Å². The van der Waals surface area contributed by atoms with Crippen LogP contribution in [0.25, 0.3) is 0 Å². The van der Waals surface area contributed by atoms with Gasteiger partial charge in [-0.1, -0.05) is 23.7 Å². The van der Waals surface area contributed by atoms with Crippen molar-refractivity contribution in [2.75, 3.05) is 12.0 Å². The maximum absolute atomic E-state index is 11.9. The number of aryl methyl sites for hydroxylation is 4. The Morgan fingerprint density at radius 2 is 1.70 bits per heavy atom. The number of halogens is 1. The summed E-state index contributed by atoms with van der Waals surface area (Å²) in [6, 6.07) is 9.30. The van der Waals surface area contributed by atoms with Crippen LogP contribution >= 0.6 is 11.6 Å². The van der Waals surface area contributed by atoms with Crippen molar-refractivity contribution in [2.45, 2.75) is 27.7 Å². The van der Waals surface area contributed by atoms with E-state index in [1.807, 2.05) is 58.0 Å². The molecule has 0 unspecified atom stereocenters. The monoisotopic (exact) mass is 332 g/mol. The van der Waals surface area contributed by atoms with Gasteiger partial charge in [-0.2, -0.15) is 0 Å². The van der Waals surface area contributed by atoms with E-state index in [2.05, 4.69) is 10.6 Å². The molecule has 0 radical (unpaired) electrons. The van der Waals surface area contributed by atoms with Crippen LogP contribution < -0.4 is 15.4 Å². The fraction of sp³-hybridized carbons (Fsp3) is 0.278. The topological polar surface area (TPSA) is 50.4 Å². The number of amides is 2. The summed E-state index contributed by atoms with van der Waals surface area (Å²) in [4.78, 5) is 11.9. The molecule has 0 spiro atoms. The number of anilines is 1. The summed E-state index contributed by atoms with van der Waals surface area (Å²) >= 11 is 6.12. The first-order chi connectivity index (χ1) is 10.9. The van der Waals surface area contributed by atoms with Gasteiger partial charge in [0.2, 0.25) is 0 Å². The molecule has 4 nitrogen and oxygen atoms in total. The average Bonchev–Trinajstić information content (AvgIpc) is 2.48. The number of nitrogens with one attached hydrogen (secondary N) is 2. The Bertz CT molecular complexity index is 706. The van der Waals surface area contributed by atoms with Crippen molar-refractivity contribution in [3.05, 3.63) is 57.6 Å². The highest BCUT2D eigenvalue weighted by molar-refractivity contribution is 6.32. The molecule has 0 fully saturated rings. The standard InChI is InChI=1S/C18H21ClN2O2/c1-11-5-6-12(2)16(7-11)21-18(22)20-10-23-15-8-13(3)17(19)14(4)9-15/h5-9H,10H2,1-4H3,(H2,20,21,22). The van der Waals surface area contributed by atoms with E-state index in [0.29, 0.717) is 5.75 Å². The molecule has 0 bridgehead atoms. The maximum Gasteiger partial charge on any atom is 0.321 e. The van der Waals surface area contributed by atoms with Crippen molar-refractivity contribution in [1.82, 2.24) is 5.32 Å². The molecule has 0 saturated carbocycles. The van der Waals surface area contributed by atoms with Crippen LogP contribution in [0.4, 0.5) is 10.5 Å². The molecule has 2 aromatic rings. The van der Waals surface area contributed by atoms with Gasteiger partial charge in [-0.15, -0.1) is 0 Å². The van der Waals surface area contributed by atoms with Gasteiger partial charge in [-0.25, -0.2) is 4.79 Å². The van der Waals surface area contributed by atoms with Gasteiger partial charge in [-0.05, 0) is 68.1 Å². The summed E-state index contributed by atoms with van der Waals surface area (Å²) in [5.41, 5.74) is 4.79. The third kappa shape index (κ3) is 4.63. The zero-order valence-electron chi connectivity index (χ0n) is 13.8. The second-order valence-corrected chi connectivity index (χ2v) is 5.99. The van der Waals surface area contributed by atoms with E-state index in [9.17, 15) is 4.79 Å². The summed E-state index contributed by atoms with van der Waals surface area (Å²) in [7, 11) is 0. The van der Waals surface area contributed by atoms with Gasteiger partial charge in [0.1, 0.15) is 5.75 Å². The zero-order chi connectivity index (χ0) is 17.0. The average molecular weight is 333 g/mol. The first kappa shape index (κ1) is 17.2. The third-order valence-electron chi connectivity index (χ3n) is 3.52. The van der Waals surface area contributed by atoms with E-state index >= 15 is 0 Å². The molecule has 0 aliphatic carbocycles. The van der Waals surface area contributed by atoms with Crippen molar-refractivity contribution in [2.24, 2.45) is 0 Å². The van der Waals surface area contributed by atoms with Crippen LogP contribution in [0.5, 0.6) is 5.75 Å². The Hall–Kier alpha value is -2.20. The Morgan fingerprint density at radius 1 is 1.04 bits per heavy atom. The molecule has 2 aromatic carbocycles. The first-order valence-electron chi connectivity index (χ1n) is 7.38. The van der Waals surface area contributed by atoms with Crippen LogP contribution in [0.3, 0.4) is 0 Å². The van der Waals surface area contributed by atoms with Crippen molar-refractivity contribution < 1.29 is 9.53 Å². The molecule has 2 rings (SSSR count). The van der Waals surface area contributed by atoms with Gasteiger partial charge in [0.05, 0.1) is 0 Å². The minimum absolute atomic E-state index is 0.0806. The lowest BCUT2D eigenvalue weighted by molar-refractivity contribution is 0.234. The van der Waals surface area contributed by atoms with E-state index in [0.717, 1.165) is 33.0 Å². The second-order valence-electron chi connectivity index (χ2n) is 5.61. The molecular formula is C18H21ClN2O2. The molecule has 2 amide bonds. The molecule has 0 heterocycles. The molecule has 0 aromatic heterocycles. The molecule has 23 heavy (non-hydrogen) atoms. The Balaban J connectivity index is 1.89. The molecule has 122 valence electrons. The smallest absolute Gasteiger partial charge is 0.321 e. The van der Waals surface area contributed by atoms with E-state index in [1.54, 1.807) is 0 Å². The number of hydrogen-bond donors (Lipinski definition) is 2.